The van der Waals surface area contributed by atoms with Crippen molar-refractivity contribution in [1.82, 2.24) is 9.97 Å². The van der Waals surface area contributed by atoms with Gasteiger partial charge in [-0.1, -0.05) is 12.1 Å². The first-order valence-corrected chi connectivity index (χ1v) is 6.78. The van der Waals surface area contributed by atoms with Gasteiger partial charge in [0.05, 0.1) is 5.69 Å². The zero-order valence-electron chi connectivity index (χ0n) is 11.0. The summed E-state index contributed by atoms with van der Waals surface area (Å²) in [6.07, 6.45) is 1.23. The van der Waals surface area contributed by atoms with Gasteiger partial charge >= 0.3 is 0 Å². The summed E-state index contributed by atoms with van der Waals surface area (Å²) in [7, 11) is 1.41. The largest absolute Gasteiger partial charge is 0.755 e. The number of primary amides is 1. The summed E-state index contributed by atoms with van der Waals surface area (Å²) >= 11 is -2.36. The molecule has 2 rings (SSSR count). The number of anilines is 2. The fourth-order valence-corrected chi connectivity index (χ4v) is 2.07. The second kappa shape index (κ2) is 5.85. The third kappa shape index (κ3) is 2.98. The molecule has 0 radical (unpaired) electrons. The molecule has 0 aliphatic heterocycles. The normalized spacial score (nSPS) is 11.9. The van der Waals surface area contributed by atoms with Crippen molar-refractivity contribution in [3.05, 3.63) is 36.2 Å². The van der Waals surface area contributed by atoms with E-state index in [1.54, 1.807) is 24.3 Å². The Morgan fingerprint density at radius 3 is 2.43 bits per heavy atom. The topological polar surface area (TPSA) is 138 Å². The van der Waals surface area contributed by atoms with Gasteiger partial charge in [-0.3, -0.25) is 9.00 Å². The molecule has 0 fully saturated rings. The number of carbonyl (C=O) groups is 1. The van der Waals surface area contributed by atoms with Crippen molar-refractivity contribution in [2.75, 3.05) is 17.1 Å². The minimum atomic E-state index is -2.36. The number of nitrogens with zero attached hydrogens (tertiary/aromatic N) is 3. The maximum Gasteiger partial charge on any atom is 0.254 e. The highest BCUT2D eigenvalue weighted by Gasteiger charge is 2.16. The Balaban J connectivity index is 2.47. The molecule has 0 saturated heterocycles. The molecule has 1 aromatic heterocycles. The molecular weight excluding hydrogens is 294 g/mol. The fourth-order valence-electron chi connectivity index (χ4n) is 1.78. The van der Waals surface area contributed by atoms with Crippen LogP contribution in [0.1, 0.15) is 10.4 Å². The molecule has 1 amide bonds. The van der Waals surface area contributed by atoms with Crippen molar-refractivity contribution in [2.24, 2.45) is 5.73 Å². The molecule has 1 atom stereocenters. The Bertz CT molecular complexity index is 705. The first-order chi connectivity index (χ1) is 9.91. The lowest BCUT2D eigenvalue weighted by Gasteiger charge is -2.21. The predicted molar refractivity (Wildman–Crippen MR) is 77.7 cm³/mol. The predicted octanol–water partition coefficient (Wildman–Crippen LogP) is 0.0550. The highest BCUT2D eigenvalue weighted by Crippen LogP contribution is 2.26. The number of hydrogen-bond donors (Lipinski definition) is 2. The van der Waals surface area contributed by atoms with E-state index < -0.39 is 17.2 Å². The number of benzene rings is 1. The zero-order chi connectivity index (χ0) is 15.6. The number of hydrogen-bond acceptors (Lipinski definition) is 6. The second-order valence-electron chi connectivity index (χ2n) is 4.11. The van der Waals surface area contributed by atoms with Crippen LogP contribution in [0.2, 0.25) is 0 Å². The molecule has 0 saturated carbocycles. The quantitative estimate of drug-likeness (QED) is 0.765. The average molecular weight is 306 g/mol. The second-order valence-corrected chi connectivity index (χ2v) is 5.09. The van der Waals surface area contributed by atoms with E-state index in [2.05, 4.69) is 9.97 Å². The summed E-state index contributed by atoms with van der Waals surface area (Å²) in [5.74, 6) is -0.737. The smallest absolute Gasteiger partial charge is 0.254 e. The summed E-state index contributed by atoms with van der Waals surface area (Å²) in [5.41, 5.74) is 12.3. The van der Waals surface area contributed by atoms with E-state index in [0.717, 1.165) is 4.31 Å². The van der Waals surface area contributed by atoms with Gasteiger partial charge in [0.25, 0.3) is 5.91 Å². The highest BCUT2D eigenvalue weighted by atomic mass is 32.2. The summed E-state index contributed by atoms with van der Waals surface area (Å²) in [4.78, 5) is 19.2. The van der Waals surface area contributed by atoms with Gasteiger partial charge in [-0.05, 0) is 12.1 Å². The molecule has 0 bridgehead atoms. The van der Waals surface area contributed by atoms with Crippen LogP contribution in [0.25, 0.3) is 11.3 Å². The molecule has 1 unspecified atom stereocenters. The van der Waals surface area contributed by atoms with Gasteiger partial charge in [0, 0.05) is 29.6 Å². The molecule has 1 aromatic carbocycles. The SMILES string of the molecule is CN(c1ccc(-c2ncnc(N)c2C(N)=O)cc1)S(=O)[O-]. The Hall–Kier alpha value is -2.52. The molecule has 0 aliphatic rings. The minimum Gasteiger partial charge on any atom is -0.755 e. The van der Waals surface area contributed by atoms with Gasteiger partial charge in [-0.15, -0.1) is 0 Å². The lowest BCUT2D eigenvalue weighted by Crippen LogP contribution is -2.19. The van der Waals surface area contributed by atoms with Crippen molar-refractivity contribution in [2.45, 2.75) is 0 Å². The van der Waals surface area contributed by atoms with Crippen molar-refractivity contribution >= 4 is 28.7 Å². The van der Waals surface area contributed by atoms with E-state index in [1.165, 1.54) is 13.4 Å². The number of nitrogens with two attached hydrogens (primary N) is 2. The van der Waals surface area contributed by atoms with Crippen LogP contribution in [-0.4, -0.2) is 31.7 Å². The molecule has 1 heterocycles. The van der Waals surface area contributed by atoms with E-state index in [9.17, 15) is 13.6 Å². The van der Waals surface area contributed by atoms with Crippen LogP contribution >= 0.6 is 0 Å². The summed E-state index contributed by atoms with van der Waals surface area (Å²) in [5, 5.41) is 0. The van der Waals surface area contributed by atoms with Crippen LogP contribution in [0.4, 0.5) is 11.5 Å². The lowest BCUT2D eigenvalue weighted by atomic mass is 10.1. The van der Waals surface area contributed by atoms with Crippen LogP contribution in [-0.2, 0) is 11.3 Å². The van der Waals surface area contributed by atoms with E-state index in [-0.39, 0.29) is 11.4 Å². The van der Waals surface area contributed by atoms with Crippen molar-refractivity contribution in [1.29, 1.82) is 0 Å². The van der Waals surface area contributed by atoms with Crippen molar-refractivity contribution in [3.8, 4) is 11.3 Å². The van der Waals surface area contributed by atoms with Gasteiger partial charge < -0.3 is 20.3 Å². The average Bonchev–Trinajstić information content (AvgIpc) is 2.46. The molecule has 8 nitrogen and oxygen atoms in total. The monoisotopic (exact) mass is 306 g/mol. The molecule has 9 heteroatoms. The number of carbonyl (C=O) groups excluding carboxylic acids is 1. The van der Waals surface area contributed by atoms with Crippen molar-refractivity contribution < 1.29 is 13.6 Å². The summed E-state index contributed by atoms with van der Waals surface area (Å²) in [6.45, 7) is 0. The Morgan fingerprint density at radius 2 is 1.90 bits per heavy atom. The Labute approximate surface area is 123 Å². The Kier molecular flexibility index (Phi) is 4.15. The first kappa shape index (κ1) is 14.9. The number of amides is 1. The van der Waals surface area contributed by atoms with E-state index in [4.69, 9.17) is 11.5 Å². The molecular formula is C12H12N5O3S-. The van der Waals surface area contributed by atoms with Gasteiger partial charge in [-0.25, -0.2) is 9.97 Å². The molecule has 110 valence electrons. The summed E-state index contributed by atoms with van der Waals surface area (Å²) in [6, 6.07) is 6.39. The number of aromatic nitrogens is 2. The Morgan fingerprint density at radius 1 is 1.29 bits per heavy atom. The van der Waals surface area contributed by atoms with Gasteiger partial charge in [0.2, 0.25) is 0 Å². The van der Waals surface area contributed by atoms with Crippen LogP contribution in [0.3, 0.4) is 0 Å². The van der Waals surface area contributed by atoms with Crippen LogP contribution in [0.5, 0.6) is 0 Å². The van der Waals surface area contributed by atoms with Crippen LogP contribution in [0, 0.1) is 0 Å². The van der Waals surface area contributed by atoms with Crippen LogP contribution in [0.15, 0.2) is 30.6 Å². The minimum absolute atomic E-state index is 0.00523. The molecule has 2 aromatic rings. The fraction of sp³-hybridized carbons (Fsp3) is 0.0833. The van der Waals surface area contributed by atoms with E-state index >= 15 is 0 Å². The molecule has 21 heavy (non-hydrogen) atoms. The zero-order valence-corrected chi connectivity index (χ0v) is 11.8. The lowest BCUT2D eigenvalue weighted by molar-refractivity contribution is 0.100. The summed E-state index contributed by atoms with van der Waals surface area (Å²) < 4.78 is 22.8. The van der Waals surface area contributed by atoms with Gasteiger partial charge in [-0.2, -0.15) is 0 Å². The number of nitrogen functional groups attached to an aromatic ring is 1. The van der Waals surface area contributed by atoms with Gasteiger partial charge in [0.1, 0.15) is 17.7 Å². The molecule has 0 spiro atoms. The molecule has 4 N–H and O–H groups in total. The third-order valence-corrected chi connectivity index (χ3v) is 3.51. The van der Waals surface area contributed by atoms with Crippen LogP contribution < -0.4 is 15.8 Å². The van der Waals surface area contributed by atoms with E-state index in [1.807, 2.05) is 0 Å². The number of rotatable bonds is 4. The highest BCUT2D eigenvalue weighted by molar-refractivity contribution is 7.80. The van der Waals surface area contributed by atoms with Crippen molar-refractivity contribution in [3.63, 3.8) is 0 Å². The van der Waals surface area contributed by atoms with E-state index in [0.29, 0.717) is 16.9 Å². The first-order valence-electron chi connectivity index (χ1n) is 5.75. The maximum atomic E-state index is 11.5. The van der Waals surface area contributed by atoms with Gasteiger partial charge in [0.15, 0.2) is 0 Å². The maximum absolute atomic E-state index is 11.5. The standard InChI is InChI=1S/C12H13N5O3S/c1-17(21(19)20)8-4-2-7(3-5-8)10-9(12(14)18)11(13)16-6-15-10/h2-6H,1H3,(H2,14,18)(H,19,20)(H2,13,15,16)/p-1. The third-order valence-electron chi connectivity index (χ3n) is 2.85. The molecule has 0 aliphatic carbocycles.